The molecule has 4 aliphatic carbocycles. The summed E-state index contributed by atoms with van der Waals surface area (Å²) in [6.07, 6.45) is 4.43. The molecule has 2 aromatic rings. The zero-order valence-corrected chi connectivity index (χ0v) is 21.2. The van der Waals surface area contributed by atoms with Gasteiger partial charge in [-0.2, -0.15) is 16.8 Å². The lowest BCUT2D eigenvalue weighted by molar-refractivity contribution is -0.142. The van der Waals surface area contributed by atoms with E-state index in [1.807, 2.05) is 13.8 Å². The van der Waals surface area contributed by atoms with Crippen LogP contribution in [0.15, 0.2) is 58.3 Å². The Balaban J connectivity index is 1.33. The Bertz CT molecular complexity index is 1140. The summed E-state index contributed by atoms with van der Waals surface area (Å²) in [5, 5.41) is 0. The molecule has 184 valence electrons. The summed E-state index contributed by atoms with van der Waals surface area (Å²) in [4.78, 5) is 0.297. The number of rotatable bonds is 8. The SMILES string of the molecule is Cc1ccc(S(=O)(=O)OCC2C3CCC(C4CCC43)C2COS(=O)(=O)c2ccc(C)cc2)cc1. The number of aryl methyl sites for hydroxylation is 2. The Kier molecular flexibility index (Phi) is 6.38. The normalized spacial score (nSPS) is 30.5. The minimum atomic E-state index is -3.88. The van der Waals surface area contributed by atoms with E-state index in [4.69, 9.17) is 8.37 Å². The highest BCUT2D eigenvalue weighted by Gasteiger charge is 2.57. The van der Waals surface area contributed by atoms with Gasteiger partial charge in [0.1, 0.15) is 0 Å². The maximum absolute atomic E-state index is 12.8. The van der Waals surface area contributed by atoms with E-state index < -0.39 is 20.2 Å². The number of fused-ring (bicyclic) bond motifs is 2. The molecule has 4 fully saturated rings. The van der Waals surface area contributed by atoms with E-state index in [-0.39, 0.29) is 34.8 Å². The monoisotopic (exact) mass is 504 g/mol. The van der Waals surface area contributed by atoms with Crippen molar-refractivity contribution in [3.05, 3.63) is 59.7 Å². The highest BCUT2D eigenvalue weighted by Crippen LogP contribution is 2.62. The number of hydrogen-bond acceptors (Lipinski definition) is 6. The van der Waals surface area contributed by atoms with Gasteiger partial charge in [0.15, 0.2) is 0 Å². The second kappa shape index (κ2) is 9.04. The number of benzene rings is 2. The molecule has 2 aromatic carbocycles. The van der Waals surface area contributed by atoms with Crippen molar-refractivity contribution in [1.82, 2.24) is 0 Å². The van der Waals surface area contributed by atoms with Gasteiger partial charge in [-0.25, -0.2) is 0 Å². The molecule has 0 aromatic heterocycles. The van der Waals surface area contributed by atoms with Crippen LogP contribution in [0.3, 0.4) is 0 Å². The Morgan fingerprint density at radius 3 is 1.24 bits per heavy atom. The molecule has 6 rings (SSSR count). The first-order valence-electron chi connectivity index (χ1n) is 12.1. The molecular formula is C26H32O6S2. The minimum absolute atomic E-state index is 0.0336. The van der Waals surface area contributed by atoms with E-state index in [2.05, 4.69) is 0 Å². The van der Waals surface area contributed by atoms with E-state index in [1.54, 1.807) is 48.5 Å². The fraction of sp³-hybridized carbons (Fsp3) is 0.538. The lowest BCUT2D eigenvalue weighted by atomic mass is 9.44. The highest BCUT2D eigenvalue weighted by molar-refractivity contribution is 7.87. The van der Waals surface area contributed by atoms with Crippen LogP contribution in [-0.4, -0.2) is 30.0 Å². The van der Waals surface area contributed by atoms with Gasteiger partial charge in [-0.05, 0) is 99.3 Å². The molecule has 0 heterocycles. The second-order valence-corrected chi connectivity index (χ2v) is 13.5. The van der Waals surface area contributed by atoms with Crippen molar-refractivity contribution >= 4 is 20.2 Å². The van der Waals surface area contributed by atoms with Crippen molar-refractivity contribution in [2.24, 2.45) is 35.5 Å². The van der Waals surface area contributed by atoms with Crippen LogP contribution in [-0.2, 0) is 28.6 Å². The third-order valence-corrected chi connectivity index (χ3v) is 11.0. The van der Waals surface area contributed by atoms with Crippen molar-refractivity contribution in [3.8, 4) is 0 Å². The van der Waals surface area contributed by atoms with Gasteiger partial charge >= 0.3 is 0 Å². The quantitative estimate of drug-likeness (QED) is 0.484. The Hall–Kier alpha value is -1.74. The molecule has 0 saturated heterocycles. The average molecular weight is 505 g/mol. The van der Waals surface area contributed by atoms with Gasteiger partial charge in [0.05, 0.1) is 23.0 Å². The fourth-order valence-electron chi connectivity index (χ4n) is 6.50. The van der Waals surface area contributed by atoms with Gasteiger partial charge < -0.3 is 0 Å². The number of hydrogen-bond donors (Lipinski definition) is 0. The Labute approximate surface area is 202 Å². The van der Waals surface area contributed by atoms with Gasteiger partial charge in [-0.3, -0.25) is 8.37 Å². The molecule has 6 atom stereocenters. The first kappa shape index (κ1) is 24.0. The Morgan fingerprint density at radius 1 is 0.588 bits per heavy atom. The standard InChI is InChI=1S/C26H32O6S2/c1-17-3-7-19(8-4-17)33(27,28)31-15-25-23-13-14-24(22-12-11-21(22)23)26(25)16-32-34(29,30)20-9-5-18(2)6-10-20/h3-10,21-26H,11-16H2,1-2H3. The molecule has 0 amide bonds. The van der Waals surface area contributed by atoms with Crippen LogP contribution < -0.4 is 0 Å². The zero-order valence-electron chi connectivity index (χ0n) is 19.6. The van der Waals surface area contributed by atoms with E-state index in [0.29, 0.717) is 23.7 Å². The fourth-order valence-corrected chi connectivity index (χ4v) is 8.39. The molecule has 0 N–H and O–H groups in total. The van der Waals surface area contributed by atoms with Crippen LogP contribution in [0.5, 0.6) is 0 Å². The predicted molar refractivity (Wildman–Crippen MR) is 128 cm³/mol. The van der Waals surface area contributed by atoms with Crippen LogP contribution in [0.25, 0.3) is 0 Å². The third-order valence-electron chi connectivity index (χ3n) is 8.42. The summed E-state index contributed by atoms with van der Waals surface area (Å²) in [6, 6.07) is 13.3. The largest absolute Gasteiger partial charge is 0.296 e. The molecular weight excluding hydrogens is 472 g/mol. The zero-order chi connectivity index (χ0) is 24.1. The van der Waals surface area contributed by atoms with Crippen LogP contribution in [0.2, 0.25) is 0 Å². The molecule has 0 spiro atoms. The summed E-state index contributed by atoms with van der Waals surface area (Å²) < 4.78 is 62.5. The predicted octanol–water partition coefficient (Wildman–Crippen LogP) is 4.71. The Morgan fingerprint density at radius 2 is 0.912 bits per heavy atom. The minimum Gasteiger partial charge on any atom is -0.266 e. The van der Waals surface area contributed by atoms with Crippen molar-refractivity contribution in [2.75, 3.05) is 13.2 Å². The van der Waals surface area contributed by atoms with Crippen molar-refractivity contribution in [3.63, 3.8) is 0 Å². The first-order chi connectivity index (χ1) is 16.2. The molecule has 2 bridgehead atoms. The second-order valence-electron chi connectivity index (χ2n) is 10.2. The topological polar surface area (TPSA) is 86.7 Å². The van der Waals surface area contributed by atoms with Crippen LogP contribution in [0.1, 0.15) is 36.8 Å². The first-order valence-corrected chi connectivity index (χ1v) is 14.9. The summed E-state index contributed by atoms with van der Waals surface area (Å²) in [6.45, 7) is 3.94. The lowest BCUT2D eigenvalue weighted by Gasteiger charge is -2.61. The summed E-state index contributed by atoms with van der Waals surface area (Å²) in [5.41, 5.74) is 1.96. The van der Waals surface area contributed by atoms with Crippen molar-refractivity contribution in [2.45, 2.75) is 49.3 Å². The summed E-state index contributed by atoms with van der Waals surface area (Å²) in [7, 11) is -7.76. The molecule has 4 saturated carbocycles. The van der Waals surface area contributed by atoms with E-state index in [9.17, 15) is 16.8 Å². The summed E-state index contributed by atoms with van der Waals surface area (Å²) in [5.74, 6) is 1.83. The van der Waals surface area contributed by atoms with Crippen LogP contribution in [0.4, 0.5) is 0 Å². The average Bonchev–Trinajstić information content (AvgIpc) is 2.77. The van der Waals surface area contributed by atoms with Gasteiger partial charge in [-0.1, -0.05) is 35.4 Å². The van der Waals surface area contributed by atoms with Gasteiger partial charge in [0.2, 0.25) is 0 Å². The lowest BCUT2D eigenvalue weighted by Crippen LogP contribution is -2.57. The molecule has 6 unspecified atom stereocenters. The highest BCUT2D eigenvalue weighted by atomic mass is 32.2. The summed E-state index contributed by atoms with van der Waals surface area (Å²) >= 11 is 0. The van der Waals surface area contributed by atoms with Crippen molar-refractivity contribution in [1.29, 1.82) is 0 Å². The third kappa shape index (κ3) is 4.45. The van der Waals surface area contributed by atoms with E-state index in [0.717, 1.165) is 24.0 Å². The van der Waals surface area contributed by atoms with Gasteiger partial charge in [0.25, 0.3) is 20.2 Å². The van der Waals surface area contributed by atoms with Crippen LogP contribution in [0, 0.1) is 49.4 Å². The molecule has 0 radical (unpaired) electrons. The maximum Gasteiger partial charge on any atom is 0.296 e. The molecule has 8 heteroatoms. The van der Waals surface area contributed by atoms with E-state index in [1.165, 1.54) is 12.8 Å². The van der Waals surface area contributed by atoms with Crippen LogP contribution >= 0.6 is 0 Å². The van der Waals surface area contributed by atoms with Crippen molar-refractivity contribution < 1.29 is 25.2 Å². The molecule has 0 aliphatic heterocycles. The molecule has 6 nitrogen and oxygen atoms in total. The maximum atomic E-state index is 12.8. The molecule has 4 aliphatic rings. The van der Waals surface area contributed by atoms with Gasteiger partial charge in [-0.15, -0.1) is 0 Å². The van der Waals surface area contributed by atoms with Gasteiger partial charge in [0, 0.05) is 0 Å². The van der Waals surface area contributed by atoms with E-state index >= 15 is 0 Å². The smallest absolute Gasteiger partial charge is 0.266 e. The molecule has 34 heavy (non-hydrogen) atoms.